The minimum Gasteiger partial charge on any atom is -0.475 e. The van der Waals surface area contributed by atoms with Gasteiger partial charge in [-0.1, -0.05) is 30.3 Å². The first-order valence-electron chi connectivity index (χ1n) is 22.4. The molecule has 1 aliphatic heterocycles. The zero-order chi connectivity index (χ0) is 49.3. The Labute approximate surface area is 388 Å². The van der Waals surface area contributed by atoms with Crippen LogP contribution in [0.4, 0.5) is 28.4 Å². The van der Waals surface area contributed by atoms with E-state index in [-0.39, 0.29) is 41.9 Å². The van der Waals surface area contributed by atoms with E-state index in [2.05, 4.69) is 20.8 Å². The number of halogens is 3. The third kappa shape index (κ3) is 15.6. The number of Topliss-reactive ketones (excluding diaryl/α,β-unsaturated/α-hetero) is 1. The molecule has 2 fully saturated rings. The van der Waals surface area contributed by atoms with Crippen LogP contribution >= 0.6 is 0 Å². The summed E-state index contributed by atoms with van der Waals surface area (Å²) < 4.78 is 42.6. The number of piperazine rings is 1. The number of rotatable bonds is 11. The molecular weight excluding hydrogens is 874 g/mol. The molecule has 1 saturated carbocycles. The molecule has 0 spiro atoms. The minimum atomic E-state index is -5.08. The lowest BCUT2D eigenvalue weighted by Gasteiger charge is -2.35. The third-order valence-electron chi connectivity index (χ3n) is 11.4. The molecule has 0 unspecified atom stereocenters. The zero-order valence-electron chi connectivity index (χ0n) is 39.0. The van der Waals surface area contributed by atoms with Gasteiger partial charge in [0.05, 0.1) is 11.7 Å². The molecule has 2 aliphatic rings. The van der Waals surface area contributed by atoms with Crippen LogP contribution in [0.5, 0.6) is 0 Å². The maximum atomic E-state index is 13.9. The number of carboxylic acids is 1. The van der Waals surface area contributed by atoms with Crippen LogP contribution in [0.1, 0.15) is 95.1 Å². The molecule has 1 saturated heterocycles. The molecule has 2 heterocycles. The number of hydrogen-bond acceptors (Lipinski definition) is 9. The second-order valence-electron chi connectivity index (χ2n) is 19.1. The highest BCUT2D eigenvalue weighted by molar-refractivity contribution is 5.98. The zero-order valence-corrected chi connectivity index (χ0v) is 39.0. The van der Waals surface area contributed by atoms with Gasteiger partial charge in [0.15, 0.2) is 0 Å². The normalized spacial score (nSPS) is 17.1. The first-order chi connectivity index (χ1) is 31.3. The number of H-pyrrole nitrogens is 1. The van der Waals surface area contributed by atoms with E-state index in [0.717, 1.165) is 46.0 Å². The van der Waals surface area contributed by atoms with Crippen molar-refractivity contribution < 1.29 is 56.5 Å². The Kier molecular flexibility index (Phi) is 16.8. The number of ketones is 1. The van der Waals surface area contributed by atoms with Gasteiger partial charge in [-0.3, -0.25) is 19.5 Å². The molecule has 3 aromatic carbocycles. The third-order valence-corrected chi connectivity index (χ3v) is 11.4. The fraction of sp³-hybridized carbons (Fsp3) is 0.490. The average molecular weight is 935 g/mol. The summed E-state index contributed by atoms with van der Waals surface area (Å²) in [5.74, 6) is -3.42. The topological polar surface area (TPSA) is 200 Å². The number of carbonyl (C=O) groups excluding carboxylic acids is 5. The SMILES string of the molecule is Cc1cc(C(=O)N2CCN(C(=O)OC(C)(C)C)CC2)ccc1-c1ccc(C[C@H](CC(=O)C2CCC(CNC(=O)OC(C)(C)C)CC2)C(=O)Nc2ccc3cn[nH]c3c2)cc1.O=C(O)C(F)(F)F. The highest BCUT2D eigenvalue weighted by Gasteiger charge is 2.38. The van der Waals surface area contributed by atoms with Crippen molar-refractivity contribution >= 4 is 52.3 Å². The number of amides is 4. The van der Waals surface area contributed by atoms with Crippen LogP contribution in [-0.2, 0) is 30.3 Å². The quantitative estimate of drug-likeness (QED) is 0.113. The summed E-state index contributed by atoms with van der Waals surface area (Å²) in [5.41, 5.74) is 4.74. The van der Waals surface area contributed by atoms with Gasteiger partial charge in [0.1, 0.15) is 17.0 Å². The number of hydrogen-bond donors (Lipinski definition) is 4. The summed E-state index contributed by atoms with van der Waals surface area (Å²) in [6.07, 6.45) is -0.587. The number of nitrogens with zero attached hydrogens (tertiary/aromatic N) is 3. The van der Waals surface area contributed by atoms with Crippen molar-refractivity contribution in [2.24, 2.45) is 17.8 Å². The molecule has 0 radical (unpaired) electrons. The summed E-state index contributed by atoms with van der Waals surface area (Å²) in [6.45, 7) is 15.2. The van der Waals surface area contributed by atoms with E-state index in [1.54, 1.807) is 16.0 Å². The van der Waals surface area contributed by atoms with Gasteiger partial charge in [0.2, 0.25) is 5.91 Å². The fourth-order valence-corrected chi connectivity index (χ4v) is 7.98. The van der Waals surface area contributed by atoms with E-state index in [1.807, 2.05) is 109 Å². The van der Waals surface area contributed by atoms with Crippen LogP contribution < -0.4 is 10.6 Å². The number of benzene rings is 3. The first-order valence-corrected chi connectivity index (χ1v) is 22.4. The molecule has 4 aromatic rings. The molecule has 4 N–H and O–H groups in total. The average Bonchev–Trinajstić information content (AvgIpc) is 3.72. The van der Waals surface area contributed by atoms with E-state index in [1.165, 1.54) is 0 Å². The lowest BCUT2D eigenvalue weighted by molar-refractivity contribution is -0.192. The van der Waals surface area contributed by atoms with E-state index >= 15 is 0 Å². The maximum Gasteiger partial charge on any atom is 0.490 e. The van der Waals surface area contributed by atoms with Gasteiger partial charge in [-0.2, -0.15) is 18.3 Å². The largest absolute Gasteiger partial charge is 0.490 e. The summed E-state index contributed by atoms with van der Waals surface area (Å²) in [7, 11) is 0. The number of aryl methyl sites for hydroxylation is 1. The second-order valence-corrected chi connectivity index (χ2v) is 19.1. The van der Waals surface area contributed by atoms with Gasteiger partial charge in [-0.15, -0.1) is 0 Å². The fourth-order valence-electron chi connectivity index (χ4n) is 7.98. The summed E-state index contributed by atoms with van der Waals surface area (Å²) in [6, 6.07) is 19.3. The molecule has 1 atom stereocenters. The van der Waals surface area contributed by atoms with Crippen molar-refractivity contribution in [1.29, 1.82) is 0 Å². The lowest BCUT2D eigenvalue weighted by Crippen LogP contribution is -2.51. The van der Waals surface area contributed by atoms with Gasteiger partial charge in [-0.05, 0) is 139 Å². The molecular formula is C49H61F3N6O9. The monoisotopic (exact) mass is 934 g/mol. The summed E-state index contributed by atoms with van der Waals surface area (Å²) >= 11 is 0. The van der Waals surface area contributed by atoms with E-state index < -0.39 is 35.4 Å². The number of ether oxygens (including phenoxy) is 2. The van der Waals surface area contributed by atoms with Crippen LogP contribution in [0.2, 0.25) is 0 Å². The van der Waals surface area contributed by atoms with Crippen molar-refractivity contribution in [3.8, 4) is 11.1 Å². The molecule has 362 valence electrons. The Bertz CT molecular complexity index is 2390. The molecule has 1 aromatic heterocycles. The van der Waals surface area contributed by atoms with Gasteiger partial charge in [0.25, 0.3) is 5.91 Å². The summed E-state index contributed by atoms with van der Waals surface area (Å²) in [4.78, 5) is 78.2. The molecule has 0 bridgehead atoms. The second kappa shape index (κ2) is 21.9. The Hall–Kier alpha value is -6.46. The summed E-state index contributed by atoms with van der Waals surface area (Å²) in [5, 5.41) is 21.0. The number of anilines is 1. The predicted molar refractivity (Wildman–Crippen MR) is 245 cm³/mol. The van der Waals surface area contributed by atoms with E-state index in [0.29, 0.717) is 63.2 Å². The molecule has 6 rings (SSSR count). The highest BCUT2D eigenvalue weighted by Crippen LogP contribution is 2.32. The predicted octanol–water partition coefficient (Wildman–Crippen LogP) is 8.95. The van der Waals surface area contributed by atoms with Crippen molar-refractivity contribution in [2.45, 2.75) is 104 Å². The number of alkyl carbamates (subject to hydrolysis) is 1. The number of carboxylic acid groups (broad SMARTS) is 1. The number of aromatic amines is 1. The Balaban J connectivity index is 0.00000111. The number of aliphatic carboxylic acids is 1. The number of fused-ring (bicyclic) bond motifs is 1. The van der Waals surface area contributed by atoms with Gasteiger partial charge >= 0.3 is 24.3 Å². The minimum absolute atomic E-state index is 0.0737. The molecule has 67 heavy (non-hydrogen) atoms. The van der Waals surface area contributed by atoms with Crippen LogP contribution in [0.3, 0.4) is 0 Å². The molecule has 18 heteroatoms. The Morgan fingerprint density at radius 3 is 2.01 bits per heavy atom. The van der Waals surface area contributed by atoms with Gasteiger partial charge in [0, 0.05) is 67.6 Å². The standard InChI is InChI=1S/C47H60N6O7.C2HF3O2/c1-30-24-35(43(56)52-20-22-53(23-21-52)45(58)60-47(5,6)7)17-19-39(30)33-12-8-31(9-13-33)25-37(42(55)50-38-18-16-36-29-49-51-40(36)27-38)26-41(54)34-14-10-32(11-15-34)28-48-44(57)59-46(2,3)4;3-2(4,5)1(6)7/h8-9,12-13,16-19,24,27,29,32,34,37H,10-11,14-15,20-23,25-26,28H2,1-7H3,(H,48,57)(H,49,51)(H,50,55);(H,6,7)/t32?,34?,37-;/m1./s1. The molecule has 4 amide bonds. The highest BCUT2D eigenvalue weighted by atomic mass is 19.4. The van der Waals surface area contributed by atoms with Crippen LogP contribution in [0.25, 0.3) is 22.0 Å². The van der Waals surface area contributed by atoms with Crippen molar-refractivity contribution in [1.82, 2.24) is 25.3 Å². The Morgan fingerprint density at radius 1 is 0.821 bits per heavy atom. The molecule has 1 aliphatic carbocycles. The van der Waals surface area contributed by atoms with E-state index in [9.17, 15) is 37.1 Å². The maximum absolute atomic E-state index is 13.9. The van der Waals surface area contributed by atoms with Crippen molar-refractivity contribution in [2.75, 3.05) is 38.0 Å². The smallest absolute Gasteiger partial charge is 0.475 e. The van der Waals surface area contributed by atoms with Gasteiger partial charge < -0.3 is 35.0 Å². The van der Waals surface area contributed by atoms with Crippen molar-refractivity contribution in [3.63, 3.8) is 0 Å². The Morgan fingerprint density at radius 2 is 1.43 bits per heavy atom. The first kappa shape index (κ1) is 51.5. The number of carbonyl (C=O) groups is 6. The lowest BCUT2D eigenvalue weighted by atomic mass is 9.77. The van der Waals surface area contributed by atoms with Crippen LogP contribution in [0, 0.1) is 24.7 Å². The van der Waals surface area contributed by atoms with Crippen LogP contribution in [-0.4, -0.2) is 111 Å². The van der Waals surface area contributed by atoms with E-state index in [4.69, 9.17) is 19.4 Å². The van der Waals surface area contributed by atoms with Crippen LogP contribution in [0.15, 0.2) is 66.9 Å². The van der Waals surface area contributed by atoms with Gasteiger partial charge in [-0.25, -0.2) is 14.4 Å². The molecule has 15 nitrogen and oxygen atoms in total. The number of nitrogens with one attached hydrogen (secondary N) is 3. The van der Waals surface area contributed by atoms with Crippen molar-refractivity contribution in [3.05, 3.63) is 83.6 Å². The number of aromatic nitrogens is 2. The number of alkyl halides is 3.